The van der Waals surface area contributed by atoms with Crippen LogP contribution in [0.4, 0.5) is 0 Å². The van der Waals surface area contributed by atoms with Crippen molar-refractivity contribution in [3.05, 3.63) is 71.4 Å². The zero-order chi connectivity index (χ0) is 24.5. The summed E-state index contributed by atoms with van der Waals surface area (Å²) in [5.41, 5.74) is 2.62. The zero-order valence-electron chi connectivity index (χ0n) is 19.0. The molecule has 3 aromatic rings. The Balaban J connectivity index is 1.60. The molecule has 8 nitrogen and oxygen atoms in total. The van der Waals surface area contributed by atoms with Crippen LogP contribution in [0, 0.1) is 6.92 Å². The van der Waals surface area contributed by atoms with Crippen molar-refractivity contribution in [1.29, 1.82) is 0 Å². The van der Waals surface area contributed by atoms with Crippen LogP contribution in [-0.2, 0) is 26.2 Å². The molecule has 1 aromatic heterocycles. The van der Waals surface area contributed by atoms with Gasteiger partial charge in [-0.05, 0) is 43.2 Å². The molecular weight excluding hydrogens is 476 g/mol. The van der Waals surface area contributed by atoms with E-state index >= 15 is 0 Å². The van der Waals surface area contributed by atoms with E-state index in [2.05, 4.69) is 5.16 Å². The van der Waals surface area contributed by atoms with Gasteiger partial charge in [0, 0.05) is 24.2 Å². The molecule has 2 heterocycles. The monoisotopic (exact) mass is 502 g/mol. The Kier molecular flexibility index (Phi) is 6.64. The second-order valence-electron chi connectivity index (χ2n) is 8.48. The van der Waals surface area contributed by atoms with Gasteiger partial charge in [0.2, 0.25) is 0 Å². The molecule has 4 rings (SSSR count). The minimum absolute atomic E-state index is 0.00100. The smallest absolute Gasteiger partial charge is 0.276 e. The summed E-state index contributed by atoms with van der Waals surface area (Å²) in [7, 11) is -6.52. The van der Waals surface area contributed by atoms with Crippen molar-refractivity contribution in [3.8, 4) is 11.3 Å². The van der Waals surface area contributed by atoms with Crippen molar-refractivity contribution in [2.45, 2.75) is 37.8 Å². The summed E-state index contributed by atoms with van der Waals surface area (Å²) in [4.78, 5) is 15.2. The normalized spacial score (nSPS) is 17.5. The first kappa shape index (κ1) is 24.2. The predicted octanol–water partition coefficient (Wildman–Crippen LogP) is 3.27. The molecule has 1 amide bonds. The number of rotatable bonds is 7. The van der Waals surface area contributed by atoms with E-state index < -0.39 is 31.6 Å². The lowest BCUT2D eigenvalue weighted by atomic mass is 10.1. The Hall–Kier alpha value is -2.98. The van der Waals surface area contributed by atoms with Gasteiger partial charge in [0.15, 0.2) is 31.1 Å². The van der Waals surface area contributed by atoms with E-state index in [-0.39, 0.29) is 34.4 Å². The second-order valence-corrected chi connectivity index (χ2v) is 13.0. The van der Waals surface area contributed by atoms with E-state index in [4.69, 9.17) is 4.52 Å². The van der Waals surface area contributed by atoms with Gasteiger partial charge in [0.05, 0.1) is 22.2 Å². The first-order chi connectivity index (χ1) is 16.1. The van der Waals surface area contributed by atoms with Gasteiger partial charge in [0.25, 0.3) is 5.91 Å². The highest BCUT2D eigenvalue weighted by Gasteiger charge is 2.36. The topological polar surface area (TPSA) is 115 Å². The number of hydrogen-bond donors (Lipinski definition) is 0. The maximum atomic E-state index is 13.4. The molecule has 1 fully saturated rings. The van der Waals surface area contributed by atoms with E-state index in [1.807, 2.05) is 31.2 Å². The summed E-state index contributed by atoms with van der Waals surface area (Å²) < 4.78 is 53.6. The van der Waals surface area contributed by atoms with Crippen LogP contribution in [0.2, 0.25) is 0 Å². The summed E-state index contributed by atoms with van der Waals surface area (Å²) in [6.07, 6.45) is 0.373. The fraction of sp³-hybridized carbons (Fsp3) is 0.333. The third-order valence-corrected chi connectivity index (χ3v) is 9.49. The summed E-state index contributed by atoms with van der Waals surface area (Å²) in [6.45, 7) is 3.80. The van der Waals surface area contributed by atoms with E-state index in [0.717, 1.165) is 11.1 Å². The van der Waals surface area contributed by atoms with Crippen molar-refractivity contribution < 1.29 is 26.2 Å². The van der Waals surface area contributed by atoms with Gasteiger partial charge in [0.1, 0.15) is 0 Å². The highest BCUT2D eigenvalue weighted by atomic mass is 32.2. The molecule has 34 heavy (non-hydrogen) atoms. The molecule has 0 N–H and O–H groups in total. The molecule has 1 saturated heterocycles. The van der Waals surface area contributed by atoms with Crippen molar-refractivity contribution in [2.24, 2.45) is 0 Å². The fourth-order valence-electron chi connectivity index (χ4n) is 3.93. The third kappa shape index (κ3) is 5.23. The maximum absolute atomic E-state index is 13.4. The van der Waals surface area contributed by atoms with E-state index in [9.17, 15) is 21.6 Å². The first-order valence-electron chi connectivity index (χ1n) is 10.9. The SMILES string of the molecule is CCS(=O)(=O)c1ccc(-c2cc(C(=O)N(Cc3ccc(C)cc3)C3CCS(=O)(=O)C3)no2)cc1. The van der Waals surface area contributed by atoms with E-state index in [1.54, 1.807) is 24.0 Å². The predicted molar refractivity (Wildman–Crippen MR) is 128 cm³/mol. The average molecular weight is 503 g/mol. The van der Waals surface area contributed by atoms with Gasteiger partial charge in [-0.1, -0.05) is 41.9 Å². The van der Waals surface area contributed by atoms with Crippen LogP contribution in [0.25, 0.3) is 11.3 Å². The zero-order valence-corrected chi connectivity index (χ0v) is 20.6. The first-order valence-corrected chi connectivity index (χ1v) is 14.4. The number of nitrogens with zero attached hydrogens (tertiary/aromatic N) is 2. The number of carbonyl (C=O) groups is 1. The number of hydrogen-bond acceptors (Lipinski definition) is 7. The van der Waals surface area contributed by atoms with E-state index in [1.165, 1.54) is 18.2 Å². The van der Waals surface area contributed by atoms with Gasteiger partial charge < -0.3 is 9.42 Å². The lowest BCUT2D eigenvalue weighted by molar-refractivity contribution is 0.0670. The molecule has 1 atom stereocenters. The summed E-state index contributed by atoms with van der Waals surface area (Å²) in [5, 5.41) is 3.93. The second kappa shape index (κ2) is 9.34. The molecule has 0 aliphatic carbocycles. The number of benzene rings is 2. The molecule has 1 unspecified atom stereocenters. The van der Waals surface area contributed by atoms with Crippen LogP contribution in [-0.4, -0.2) is 56.1 Å². The summed E-state index contributed by atoms with van der Waals surface area (Å²) in [6, 6.07) is 15.0. The largest absolute Gasteiger partial charge is 0.355 e. The number of aromatic nitrogens is 1. The molecule has 180 valence electrons. The maximum Gasteiger partial charge on any atom is 0.276 e. The van der Waals surface area contributed by atoms with Crippen LogP contribution in [0.1, 0.15) is 35.0 Å². The van der Waals surface area contributed by atoms with Gasteiger partial charge >= 0.3 is 0 Å². The molecule has 1 aliphatic rings. The minimum Gasteiger partial charge on any atom is -0.355 e. The van der Waals surface area contributed by atoms with Crippen LogP contribution in [0.5, 0.6) is 0 Å². The van der Waals surface area contributed by atoms with Crippen LogP contribution in [0.3, 0.4) is 0 Å². The summed E-state index contributed by atoms with van der Waals surface area (Å²) in [5.74, 6) is -0.128. The molecule has 1 aliphatic heterocycles. The molecular formula is C24H26N2O6S2. The average Bonchev–Trinajstić information content (AvgIpc) is 3.45. The molecule has 0 radical (unpaired) electrons. The molecule has 10 heteroatoms. The van der Waals surface area contributed by atoms with Crippen LogP contribution < -0.4 is 0 Å². The molecule has 0 bridgehead atoms. The Morgan fingerprint density at radius 1 is 1.12 bits per heavy atom. The lowest BCUT2D eigenvalue weighted by Crippen LogP contribution is -2.40. The van der Waals surface area contributed by atoms with E-state index in [0.29, 0.717) is 17.7 Å². The number of amides is 1. The third-order valence-electron chi connectivity index (χ3n) is 5.99. The number of sulfone groups is 2. The standard InChI is InChI=1S/C24H26N2O6S2/c1-3-34(30,31)21-10-8-19(9-11-21)23-14-22(25-32-23)24(27)26(20-12-13-33(28,29)16-20)15-18-6-4-17(2)5-7-18/h4-11,14,20H,3,12-13,15-16H2,1-2H3. The fourth-order valence-corrected chi connectivity index (χ4v) is 6.55. The quantitative estimate of drug-likeness (QED) is 0.487. The highest BCUT2D eigenvalue weighted by Crippen LogP contribution is 2.26. The Morgan fingerprint density at radius 3 is 2.38 bits per heavy atom. The van der Waals surface area contributed by atoms with Crippen molar-refractivity contribution in [1.82, 2.24) is 10.1 Å². The Morgan fingerprint density at radius 2 is 1.79 bits per heavy atom. The van der Waals surface area contributed by atoms with Crippen molar-refractivity contribution >= 4 is 25.6 Å². The van der Waals surface area contributed by atoms with Crippen LogP contribution >= 0.6 is 0 Å². The highest BCUT2D eigenvalue weighted by molar-refractivity contribution is 7.91. The minimum atomic E-state index is -3.32. The molecule has 2 aromatic carbocycles. The van der Waals surface area contributed by atoms with Crippen LogP contribution in [0.15, 0.2) is 64.0 Å². The number of aryl methyl sites for hydroxylation is 1. The molecule has 0 saturated carbocycles. The summed E-state index contributed by atoms with van der Waals surface area (Å²) >= 11 is 0. The lowest BCUT2D eigenvalue weighted by Gasteiger charge is -2.27. The van der Waals surface area contributed by atoms with Gasteiger partial charge in [-0.15, -0.1) is 0 Å². The van der Waals surface area contributed by atoms with Gasteiger partial charge in [-0.2, -0.15) is 0 Å². The van der Waals surface area contributed by atoms with Gasteiger partial charge in [-0.25, -0.2) is 16.8 Å². The van der Waals surface area contributed by atoms with Crippen molar-refractivity contribution in [3.63, 3.8) is 0 Å². The van der Waals surface area contributed by atoms with Gasteiger partial charge in [-0.3, -0.25) is 4.79 Å². The van der Waals surface area contributed by atoms with Crippen molar-refractivity contribution in [2.75, 3.05) is 17.3 Å². The number of carbonyl (C=O) groups excluding carboxylic acids is 1. The molecule has 0 spiro atoms. The Bertz CT molecular complexity index is 1390. The Labute approximate surface area is 199 Å².